The van der Waals surface area contributed by atoms with E-state index in [2.05, 4.69) is 20.9 Å². The van der Waals surface area contributed by atoms with Crippen LogP contribution in [0.4, 0.5) is 5.69 Å². The average molecular weight is 496 g/mol. The van der Waals surface area contributed by atoms with Gasteiger partial charge in [0.25, 0.3) is 5.91 Å². The molecule has 0 atom stereocenters. The van der Waals surface area contributed by atoms with Gasteiger partial charge in [-0.1, -0.05) is 18.5 Å². The average Bonchev–Trinajstić information content (AvgIpc) is 2.97. The molecule has 2 aromatic rings. The maximum Gasteiger partial charge on any atom is 0.266 e. The van der Waals surface area contributed by atoms with Crippen LogP contribution in [0.3, 0.4) is 0 Å². The molecular formula is C21H20BrClN2O3S. The molecule has 3 rings (SSSR count). The monoisotopic (exact) mass is 494 g/mol. The molecule has 0 aliphatic carbocycles. The lowest BCUT2D eigenvalue weighted by Gasteiger charge is -2.14. The van der Waals surface area contributed by atoms with Crippen molar-refractivity contribution in [2.24, 2.45) is 4.99 Å². The van der Waals surface area contributed by atoms with Gasteiger partial charge in [0.2, 0.25) is 0 Å². The third-order valence-corrected chi connectivity index (χ3v) is 5.90. The van der Waals surface area contributed by atoms with Crippen LogP contribution in [0.15, 0.2) is 50.8 Å². The summed E-state index contributed by atoms with van der Waals surface area (Å²) in [4.78, 5) is 19.8. The van der Waals surface area contributed by atoms with Crippen LogP contribution in [-0.4, -0.2) is 34.2 Å². The highest BCUT2D eigenvalue weighted by Crippen LogP contribution is 2.39. The Morgan fingerprint density at radius 1 is 1.28 bits per heavy atom. The summed E-state index contributed by atoms with van der Waals surface area (Å²) in [6.45, 7) is 4.87. The van der Waals surface area contributed by atoms with Crippen LogP contribution in [0.5, 0.6) is 11.5 Å². The minimum absolute atomic E-state index is 0.0389. The lowest BCUT2D eigenvalue weighted by Crippen LogP contribution is -2.29. The Morgan fingerprint density at radius 3 is 2.66 bits per heavy atom. The molecule has 5 nitrogen and oxygen atoms in total. The summed E-state index contributed by atoms with van der Waals surface area (Å²) >= 11 is 10.6. The molecule has 2 aromatic carbocycles. The van der Waals surface area contributed by atoms with Crippen molar-refractivity contribution in [3.63, 3.8) is 0 Å². The number of nitrogens with zero attached hydrogens (tertiary/aromatic N) is 2. The van der Waals surface area contributed by atoms with Crippen molar-refractivity contribution >= 4 is 62.1 Å². The molecule has 8 heteroatoms. The summed E-state index contributed by atoms with van der Waals surface area (Å²) in [5, 5.41) is 11.4. The predicted molar refractivity (Wildman–Crippen MR) is 123 cm³/mol. The van der Waals surface area contributed by atoms with Gasteiger partial charge in [-0.15, -0.1) is 0 Å². The number of amidine groups is 1. The molecule has 0 aromatic heterocycles. The third kappa shape index (κ3) is 5.15. The number of thioether (sulfide) groups is 1. The summed E-state index contributed by atoms with van der Waals surface area (Å²) in [7, 11) is 0. The Hall–Kier alpha value is -1.96. The second-order valence-corrected chi connectivity index (χ2v) is 8.52. The maximum absolute atomic E-state index is 13.0. The predicted octanol–water partition coefficient (Wildman–Crippen LogP) is 6.22. The quantitative estimate of drug-likeness (QED) is 0.483. The minimum atomic E-state index is -0.0910. The molecule has 1 fully saturated rings. The largest absolute Gasteiger partial charge is 0.503 e. The van der Waals surface area contributed by atoms with E-state index in [0.717, 1.165) is 17.7 Å². The van der Waals surface area contributed by atoms with Gasteiger partial charge in [-0.2, -0.15) is 0 Å². The SMILES string of the molecule is CCCN1C(=O)/C(=C/c2cc(Br)c(O)c(OCC)c2)SC1=Nc1ccc(Cl)cc1. The van der Waals surface area contributed by atoms with Crippen molar-refractivity contribution in [3.05, 3.63) is 56.4 Å². The summed E-state index contributed by atoms with van der Waals surface area (Å²) < 4.78 is 5.98. The molecule has 1 aliphatic rings. The molecule has 1 amide bonds. The highest BCUT2D eigenvalue weighted by Gasteiger charge is 2.32. The van der Waals surface area contributed by atoms with Crippen molar-refractivity contribution in [1.82, 2.24) is 4.90 Å². The normalized spacial score (nSPS) is 16.8. The highest BCUT2D eigenvalue weighted by molar-refractivity contribution is 9.10. The molecule has 0 saturated carbocycles. The Kier molecular flexibility index (Phi) is 7.27. The zero-order valence-corrected chi connectivity index (χ0v) is 19.1. The first kappa shape index (κ1) is 21.7. The highest BCUT2D eigenvalue weighted by atomic mass is 79.9. The Bertz CT molecular complexity index is 977. The molecule has 0 radical (unpaired) electrons. The first-order valence-corrected chi connectivity index (χ1v) is 11.1. The lowest BCUT2D eigenvalue weighted by molar-refractivity contribution is -0.122. The summed E-state index contributed by atoms with van der Waals surface area (Å²) in [5.74, 6) is 0.313. The first-order valence-electron chi connectivity index (χ1n) is 9.14. The number of benzene rings is 2. The van der Waals surface area contributed by atoms with Gasteiger partial charge in [0.05, 0.1) is 21.7 Å². The number of phenols is 1. The van der Waals surface area contributed by atoms with Crippen molar-refractivity contribution in [3.8, 4) is 11.5 Å². The topological polar surface area (TPSA) is 62.1 Å². The first-order chi connectivity index (χ1) is 13.9. The molecule has 0 unspecified atom stereocenters. The summed E-state index contributed by atoms with van der Waals surface area (Å²) in [6, 6.07) is 10.6. The van der Waals surface area contributed by atoms with Gasteiger partial charge in [0.15, 0.2) is 16.7 Å². The van der Waals surface area contributed by atoms with Crippen molar-refractivity contribution in [2.75, 3.05) is 13.2 Å². The zero-order valence-electron chi connectivity index (χ0n) is 16.0. The van der Waals surface area contributed by atoms with Gasteiger partial charge in [-0.3, -0.25) is 9.69 Å². The number of hydrogen-bond donors (Lipinski definition) is 1. The van der Waals surface area contributed by atoms with E-state index in [4.69, 9.17) is 16.3 Å². The Morgan fingerprint density at radius 2 is 2.00 bits per heavy atom. The fraction of sp³-hybridized carbons (Fsp3) is 0.238. The molecule has 29 heavy (non-hydrogen) atoms. The van der Waals surface area contributed by atoms with Crippen LogP contribution < -0.4 is 4.74 Å². The molecule has 0 bridgehead atoms. The van der Waals surface area contributed by atoms with Crippen LogP contribution >= 0.6 is 39.3 Å². The molecule has 1 saturated heterocycles. The van der Waals surface area contributed by atoms with Gasteiger partial charge in [0.1, 0.15) is 0 Å². The fourth-order valence-corrected chi connectivity index (χ4v) is 4.34. The van der Waals surface area contributed by atoms with E-state index >= 15 is 0 Å². The number of ether oxygens (including phenoxy) is 1. The second-order valence-electron chi connectivity index (χ2n) is 6.22. The van der Waals surface area contributed by atoms with Gasteiger partial charge in [-0.05, 0) is 89.1 Å². The Balaban J connectivity index is 1.96. The number of halogens is 2. The molecule has 1 N–H and O–H groups in total. The third-order valence-electron chi connectivity index (χ3n) is 4.04. The number of amides is 1. The number of rotatable bonds is 6. The van der Waals surface area contributed by atoms with Gasteiger partial charge in [-0.25, -0.2) is 4.99 Å². The van der Waals surface area contributed by atoms with Crippen LogP contribution in [0.1, 0.15) is 25.8 Å². The van der Waals surface area contributed by atoms with E-state index in [1.54, 1.807) is 35.2 Å². The standard InChI is InChI=1S/C21H20BrClN2O3S/c1-3-9-25-20(27)18(29-21(25)24-15-7-5-14(23)6-8-15)12-13-10-16(22)19(26)17(11-13)28-4-2/h5-8,10-12,26H,3-4,9H2,1-2H3/b18-12-,24-21?. The van der Waals surface area contributed by atoms with E-state index in [1.807, 2.05) is 26.0 Å². The number of phenolic OH excluding ortho intramolecular Hbond substituents is 1. The van der Waals surface area contributed by atoms with E-state index < -0.39 is 0 Å². The van der Waals surface area contributed by atoms with Crippen LogP contribution in [0.2, 0.25) is 5.02 Å². The molecule has 152 valence electrons. The van der Waals surface area contributed by atoms with Gasteiger partial charge in [0, 0.05) is 11.6 Å². The number of carbonyl (C=O) groups is 1. The maximum atomic E-state index is 13.0. The zero-order chi connectivity index (χ0) is 21.0. The number of aliphatic imine (C=N–C) groups is 1. The number of hydrogen-bond acceptors (Lipinski definition) is 5. The molecule has 1 heterocycles. The van der Waals surface area contributed by atoms with E-state index in [0.29, 0.717) is 38.5 Å². The van der Waals surface area contributed by atoms with Crippen molar-refractivity contribution in [2.45, 2.75) is 20.3 Å². The van der Waals surface area contributed by atoms with Gasteiger partial charge >= 0.3 is 0 Å². The van der Waals surface area contributed by atoms with Crippen LogP contribution in [-0.2, 0) is 4.79 Å². The van der Waals surface area contributed by atoms with Crippen molar-refractivity contribution < 1.29 is 14.6 Å². The summed E-state index contributed by atoms with van der Waals surface area (Å²) in [6.07, 6.45) is 2.60. The van der Waals surface area contributed by atoms with Gasteiger partial charge < -0.3 is 9.84 Å². The number of aromatic hydroxyl groups is 1. The summed E-state index contributed by atoms with van der Waals surface area (Å²) in [5.41, 5.74) is 1.48. The molecule has 0 spiro atoms. The second kappa shape index (κ2) is 9.69. The molecule has 1 aliphatic heterocycles. The Labute approximate surface area is 187 Å². The van der Waals surface area contributed by atoms with E-state index in [1.165, 1.54) is 11.8 Å². The van der Waals surface area contributed by atoms with Crippen LogP contribution in [0, 0.1) is 0 Å². The van der Waals surface area contributed by atoms with Crippen LogP contribution in [0.25, 0.3) is 6.08 Å². The minimum Gasteiger partial charge on any atom is -0.503 e. The smallest absolute Gasteiger partial charge is 0.266 e. The number of carbonyl (C=O) groups excluding carboxylic acids is 1. The fourth-order valence-electron chi connectivity index (χ4n) is 2.73. The molecular weight excluding hydrogens is 476 g/mol. The van der Waals surface area contributed by atoms with E-state index in [-0.39, 0.29) is 11.7 Å². The van der Waals surface area contributed by atoms with Crippen molar-refractivity contribution in [1.29, 1.82) is 0 Å². The van der Waals surface area contributed by atoms with E-state index in [9.17, 15) is 9.90 Å². The lowest BCUT2D eigenvalue weighted by atomic mass is 10.2.